The Morgan fingerprint density at radius 3 is 2.27 bits per heavy atom. The Hall–Kier alpha value is -0.940. The van der Waals surface area contributed by atoms with E-state index in [9.17, 15) is 13.2 Å². The predicted molar refractivity (Wildman–Crippen MR) is 31.8 cm³/mol. The molecule has 11 heavy (non-hydrogen) atoms. The first kappa shape index (κ1) is 8.16. The quantitative estimate of drug-likeness (QED) is 0.542. The molecule has 0 aliphatic carbocycles. The maximum absolute atomic E-state index is 11.9. The maximum atomic E-state index is 11.9. The molecule has 1 rings (SSSR count). The number of amidine groups is 1. The molecule has 1 aliphatic heterocycles. The second-order valence-electron chi connectivity index (χ2n) is 2.25. The van der Waals surface area contributed by atoms with Crippen molar-refractivity contribution < 1.29 is 18.0 Å². The Balaban J connectivity index is 2.68. The number of oxime groups is 1. The first-order valence-corrected chi connectivity index (χ1v) is 2.93. The summed E-state index contributed by atoms with van der Waals surface area (Å²) >= 11 is 0. The van der Waals surface area contributed by atoms with E-state index in [0.717, 1.165) is 4.90 Å². The fourth-order valence-corrected chi connectivity index (χ4v) is 0.710. The van der Waals surface area contributed by atoms with Gasteiger partial charge in [0.15, 0.2) is 0 Å². The van der Waals surface area contributed by atoms with E-state index >= 15 is 0 Å². The van der Waals surface area contributed by atoms with Crippen LogP contribution in [0, 0.1) is 0 Å². The Morgan fingerprint density at radius 2 is 2.09 bits per heavy atom. The monoisotopic (exact) mass is 168 g/mol. The second kappa shape index (κ2) is 2.28. The van der Waals surface area contributed by atoms with Crippen LogP contribution in [-0.4, -0.2) is 30.2 Å². The van der Waals surface area contributed by atoms with Crippen molar-refractivity contribution in [1.82, 2.24) is 4.90 Å². The van der Waals surface area contributed by atoms with Crippen LogP contribution in [0.15, 0.2) is 5.16 Å². The lowest BCUT2D eigenvalue weighted by atomic mass is 10.4. The first-order valence-electron chi connectivity index (χ1n) is 2.93. The van der Waals surface area contributed by atoms with Crippen LogP contribution in [-0.2, 0) is 4.84 Å². The van der Waals surface area contributed by atoms with E-state index in [1.807, 2.05) is 0 Å². The summed E-state index contributed by atoms with van der Waals surface area (Å²) in [4.78, 5) is 5.06. The highest BCUT2D eigenvalue weighted by Gasteiger charge is 2.48. The Labute approximate surface area is 61.4 Å². The van der Waals surface area contributed by atoms with Crippen molar-refractivity contribution >= 4 is 5.84 Å². The number of nitrogens with zero attached hydrogens (tertiary/aromatic N) is 2. The van der Waals surface area contributed by atoms with Gasteiger partial charge < -0.3 is 9.74 Å². The summed E-state index contributed by atoms with van der Waals surface area (Å²) in [5, 5.41) is 3.19. The molecule has 3 nitrogen and oxygen atoms in total. The van der Waals surface area contributed by atoms with Crippen molar-refractivity contribution in [2.24, 2.45) is 5.16 Å². The van der Waals surface area contributed by atoms with E-state index in [1.54, 1.807) is 0 Å². The number of hydrogen-bond acceptors (Lipinski definition) is 3. The summed E-state index contributed by atoms with van der Waals surface area (Å²) in [7, 11) is 1.28. The summed E-state index contributed by atoms with van der Waals surface area (Å²) in [6.45, 7) is 1.45. The molecule has 1 heterocycles. The SMILES string of the molecule is CC1=NOC(C(F)(F)F)N1C. The highest BCUT2D eigenvalue weighted by molar-refractivity contribution is 5.80. The van der Waals surface area contributed by atoms with Crippen LogP contribution in [0.1, 0.15) is 6.92 Å². The molecule has 0 bridgehead atoms. The van der Waals surface area contributed by atoms with Gasteiger partial charge >= 0.3 is 6.18 Å². The highest BCUT2D eigenvalue weighted by atomic mass is 19.4. The van der Waals surface area contributed by atoms with Crippen LogP contribution in [0.4, 0.5) is 13.2 Å². The summed E-state index contributed by atoms with van der Waals surface area (Å²) in [6.07, 6.45) is -6.29. The number of halogens is 3. The van der Waals surface area contributed by atoms with Gasteiger partial charge in [0.05, 0.1) is 0 Å². The molecule has 0 N–H and O–H groups in total. The molecule has 0 aromatic heterocycles. The largest absolute Gasteiger partial charge is 0.448 e. The molecular weight excluding hydrogens is 161 g/mol. The van der Waals surface area contributed by atoms with Gasteiger partial charge in [0.25, 0.3) is 6.23 Å². The Bertz CT molecular complexity index is 189. The van der Waals surface area contributed by atoms with Gasteiger partial charge in [-0.05, 0) is 6.92 Å². The number of hydrogen-bond donors (Lipinski definition) is 0. The first-order chi connectivity index (χ1) is 4.93. The zero-order valence-electron chi connectivity index (χ0n) is 6.01. The lowest BCUT2D eigenvalue weighted by molar-refractivity contribution is -0.241. The van der Waals surface area contributed by atoms with Crippen molar-refractivity contribution in [3.63, 3.8) is 0 Å². The minimum atomic E-state index is -4.38. The molecule has 0 saturated heterocycles. The number of rotatable bonds is 0. The summed E-state index contributed by atoms with van der Waals surface area (Å²) in [5.41, 5.74) is 0. The van der Waals surface area contributed by atoms with Gasteiger partial charge in [0, 0.05) is 7.05 Å². The van der Waals surface area contributed by atoms with E-state index in [2.05, 4.69) is 9.99 Å². The molecule has 6 heteroatoms. The van der Waals surface area contributed by atoms with Crippen LogP contribution in [0.5, 0.6) is 0 Å². The van der Waals surface area contributed by atoms with Crippen LogP contribution >= 0.6 is 0 Å². The Morgan fingerprint density at radius 1 is 1.55 bits per heavy atom. The van der Waals surface area contributed by atoms with Crippen molar-refractivity contribution in [3.05, 3.63) is 0 Å². The lowest BCUT2D eigenvalue weighted by Crippen LogP contribution is -2.42. The molecule has 0 radical (unpaired) electrons. The molecule has 0 amide bonds. The zero-order chi connectivity index (χ0) is 8.65. The lowest BCUT2D eigenvalue weighted by Gasteiger charge is -2.20. The van der Waals surface area contributed by atoms with Crippen LogP contribution in [0.2, 0.25) is 0 Å². The van der Waals surface area contributed by atoms with Gasteiger partial charge in [-0.3, -0.25) is 0 Å². The van der Waals surface area contributed by atoms with Gasteiger partial charge in [0.1, 0.15) is 5.84 Å². The van der Waals surface area contributed by atoms with Crippen molar-refractivity contribution in [2.75, 3.05) is 7.05 Å². The standard InChI is InChI=1S/C5H7F3N2O/c1-3-9-11-4(10(3)2)5(6,7)8/h4H,1-2H3. The summed E-state index contributed by atoms with van der Waals surface area (Å²) < 4.78 is 35.8. The van der Waals surface area contributed by atoms with Crippen molar-refractivity contribution in [1.29, 1.82) is 0 Å². The van der Waals surface area contributed by atoms with Gasteiger partial charge in [-0.1, -0.05) is 5.16 Å². The summed E-state index contributed by atoms with van der Waals surface area (Å²) in [5.74, 6) is 0.229. The third kappa shape index (κ3) is 1.38. The zero-order valence-corrected chi connectivity index (χ0v) is 6.01. The molecule has 0 fully saturated rings. The van der Waals surface area contributed by atoms with Crippen LogP contribution < -0.4 is 0 Å². The fraction of sp³-hybridized carbons (Fsp3) is 0.800. The normalized spacial score (nSPS) is 25.0. The Kier molecular flexibility index (Phi) is 1.69. The van der Waals surface area contributed by atoms with Crippen molar-refractivity contribution in [3.8, 4) is 0 Å². The molecular formula is C5H7F3N2O. The van der Waals surface area contributed by atoms with E-state index < -0.39 is 12.4 Å². The molecule has 0 spiro atoms. The molecule has 0 aromatic carbocycles. The maximum Gasteiger partial charge on any atom is 0.448 e. The molecule has 0 aromatic rings. The molecule has 64 valence electrons. The van der Waals surface area contributed by atoms with Gasteiger partial charge in [-0.2, -0.15) is 13.2 Å². The average Bonchev–Trinajstić information content (AvgIpc) is 2.11. The van der Waals surface area contributed by atoms with E-state index in [1.165, 1.54) is 14.0 Å². The molecule has 1 aliphatic rings. The minimum Gasteiger partial charge on any atom is -0.359 e. The highest BCUT2D eigenvalue weighted by Crippen LogP contribution is 2.28. The van der Waals surface area contributed by atoms with Gasteiger partial charge in [-0.15, -0.1) is 0 Å². The number of alkyl halides is 3. The third-order valence-electron chi connectivity index (χ3n) is 1.43. The second-order valence-corrected chi connectivity index (χ2v) is 2.25. The van der Waals surface area contributed by atoms with E-state index in [-0.39, 0.29) is 5.84 Å². The van der Waals surface area contributed by atoms with Crippen LogP contribution in [0.3, 0.4) is 0 Å². The topological polar surface area (TPSA) is 24.8 Å². The van der Waals surface area contributed by atoms with Gasteiger partial charge in [0.2, 0.25) is 0 Å². The van der Waals surface area contributed by atoms with Crippen molar-refractivity contribution in [2.45, 2.75) is 19.3 Å². The fourth-order valence-electron chi connectivity index (χ4n) is 0.710. The van der Waals surface area contributed by atoms with E-state index in [4.69, 9.17) is 0 Å². The minimum absolute atomic E-state index is 0.229. The molecule has 0 saturated carbocycles. The third-order valence-corrected chi connectivity index (χ3v) is 1.43. The average molecular weight is 168 g/mol. The van der Waals surface area contributed by atoms with Gasteiger partial charge in [-0.25, -0.2) is 0 Å². The van der Waals surface area contributed by atoms with Crippen LogP contribution in [0.25, 0.3) is 0 Å². The predicted octanol–water partition coefficient (Wildman–Crippen LogP) is 1.17. The summed E-state index contributed by atoms with van der Waals surface area (Å²) in [6, 6.07) is 0. The smallest absolute Gasteiger partial charge is 0.359 e. The molecule has 1 atom stereocenters. The van der Waals surface area contributed by atoms with E-state index in [0.29, 0.717) is 0 Å². The molecule has 1 unspecified atom stereocenters.